The van der Waals surface area contributed by atoms with Crippen molar-refractivity contribution in [3.05, 3.63) is 60.2 Å². The molecule has 2 aromatic rings. The van der Waals surface area contributed by atoms with Gasteiger partial charge in [0.25, 0.3) is 6.17 Å². The number of ether oxygens (including phenoxy) is 1. The summed E-state index contributed by atoms with van der Waals surface area (Å²) in [5.74, 6) is 0.922. The Balaban J connectivity index is 1.53. The van der Waals surface area contributed by atoms with Gasteiger partial charge in [-0.25, -0.2) is 4.39 Å². The number of halogens is 6. The molecule has 0 spiro atoms. The molecule has 0 bridgehead atoms. The fourth-order valence-electron chi connectivity index (χ4n) is 4.50. The standard InChI is InChI=1S/C28H32F6O/c1-2-3-4-5-20-6-8-21(9-7-20)10-11-22-12-14-23(15-13-22)24-16-18-25(19-17-24)35-28(33,34)26(29)27(30,31)32/h10-21,26H,2-9H2,1H3/b11-10+. The van der Waals surface area contributed by atoms with Crippen molar-refractivity contribution >= 4 is 6.08 Å². The topological polar surface area (TPSA) is 9.23 Å². The number of rotatable bonds is 10. The van der Waals surface area contributed by atoms with Gasteiger partial charge in [0, 0.05) is 0 Å². The zero-order chi connectivity index (χ0) is 25.5. The SMILES string of the molecule is CCCCCC1CCC(/C=C/c2ccc(-c3ccc(OC(F)(F)C(F)C(F)(F)F)cc3)cc2)CC1. The van der Waals surface area contributed by atoms with Gasteiger partial charge in [-0.15, -0.1) is 0 Å². The normalized spacial score (nSPS) is 20.2. The Labute approximate surface area is 203 Å². The van der Waals surface area contributed by atoms with Gasteiger partial charge in [0.2, 0.25) is 0 Å². The van der Waals surface area contributed by atoms with E-state index in [9.17, 15) is 26.3 Å². The quantitative estimate of drug-likeness (QED) is 0.234. The van der Waals surface area contributed by atoms with E-state index in [0.29, 0.717) is 11.5 Å². The van der Waals surface area contributed by atoms with Gasteiger partial charge in [0.05, 0.1) is 0 Å². The van der Waals surface area contributed by atoms with Gasteiger partial charge in [0.15, 0.2) is 0 Å². The molecule has 0 radical (unpaired) electrons. The van der Waals surface area contributed by atoms with Gasteiger partial charge in [-0.3, -0.25) is 0 Å². The molecule has 0 aliphatic heterocycles. The third-order valence-corrected chi connectivity index (χ3v) is 6.60. The summed E-state index contributed by atoms with van der Waals surface area (Å²) in [6, 6.07) is 12.8. The molecule has 1 nitrogen and oxygen atoms in total. The molecular formula is C28H32F6O. The average Bonchev–Trinajstić information content (AvgIpc) is 2.83. The smallest absolute Gasteiger partial charge is 0.430 e. The molecule has 0 heterocycles. The van der Waals surface area contributed by atoms with Crippen LogP contribution in [0.4, 0.5) is 26.3 Å². The van der Waals surface area contributed by atoms with Crippen LogP contribution >= 0.6 is 0 Å². The second kappa shape index (κ2) is 12.0. The summed E-state index contributed by atoms with van der Waals surface area (Å²) in [5.41, 5.74) is 2.54. The van der Waals surface area contributed by atoms with Crippen LogP contribution in [0.3, 0.4) is 0 Å². The highest BCUT2D eigenvalue weighted by molar-refractivity contribution is 5.66. The van der Waals surface area contributed by atoms with Gasteiger partial charge in [0.1, 0.15) is 5.75 Å². The van der Waals surface area contributed by atoms with Crippen LogP contribution in [0.1, 0.15) is 63.9 Å². The number of alkyl halides is 6. The Morgan fingerprint density at radius 2 is 1.43 bits per heavy atom. The van der Waals surface area contributed by atoms with Crippen LogP contribution < -0.4 is 4.74 Å². The molecule has 192 valence electrons. The first-order valence-corrected chi connectivity index (χ1v) is 12.2. The maximum Gasteiger partial charge on any atom is 0.439 e. The molecule has 3 rings (SSSR count). The monoisotopic (exact) mass is 498 g/mol. The van der Waals surface area contributed by atoms with Gasteiger partial charge >= 0.3 is 12.3 Å². The zero-order valence-corrected chi connectivity index (χ0v) is 19.8. The first kappa shape index (κ1) is 27.2. The van der Waals surface area contributed by atoms with Gasteiger partial charge in [-0.1, -0.05) is 81.2 Å². The highest BCUT2D eigenvalue weighted by Gasteiger charge is 2.59. The third-order valence-electron chi connectivity index (χ3n) is 6.60. The Morgan fingerprint density at radius 3 is 1.97 bits per heavy atom. The van der Waals surface area contributed by atoms with E-state index in [1.54, 1.807) is 0 Å². The number of unbranched alkanes of at least 4 members (excludes halogenated alkanes) is 2. The Bertz CT molecular complexity index is 925. The second-order valence-electron chi connectivity index (χ2n) is 9.35. The van der Waals surface area contributed by atoms with E-state index in [0.717, 1.165) is 29.2 Å². The van der Waals surface area contributed by atoms with Crippen molar-refractivity contribution in [3.8, 4) is 16.9 Å². The van der Waals surface area contributed by atoms with Crippen LogP contribution in [0.5, 0.6) is 5.75 Å². The molecule has 7 heteroatoms. The number of allylic oxidation sites excluding steroid dienone is 1. The van der Waals surface area contributed by atoms with E-state index in [4.69, 9.17) is 0 Å². The molecule has 0 N–H and O–H groups in total. The van der Waals surface area contributed by atoms with Crippen LogP contribution in [0, 0.1) is 11.8 Å². The summed E-state index contributed by atoms with van der Waals surface area (Å²) in [5, 5.41) is 0. The minimum absolute atomic E-state index is 0.551. The van der Waals surface area contributed by atoms with Gasteiger partial charge in [-0.2, -0.15) is 22.0 Å². The molecule has 1 aliphatic rings. The second-order valence-corrected chi connectivity index (χ2v) is 9.35. The fraction of sp³-hybridized carbons (Fsp3) is 0.500. The van der Waals surface area contributed by atoms with Crippen LogP contribution in [0.15, 0.2) is 54.6 Å². The van der Waals surface area contributed by atoms with Crippen molar-refractivity contribution in [3.63, 3.8) is 0 Å². The van der Waals surface area contributed by atoms with E-state index in [1.165, 1.54) is 63.5 Å². The molecule has 0 saturated heterocycles. The Morgan fingerprint density at radius 1 is 0.857 bits per heavy atom. The third kappa shape index (κ3) is 8.04. The van der Waals surface area contributed by atoms with Crippen molar-refractivity contribution in [1.82, 2.24) is 0 Å². The number of benzene rings is 2. The summed E-state index contributed by atoms with van der Waals surface area (Å²) in [7, 11) is 0. The lowest BCUT2D eigenvalue weighted by atomic mass is 9.79. The molecule has 1 saturated carbocycles. The molecule has 2 aromatic carbocycles. The van der Waals surface area contributed by atoms with E-state index in [-0.39, 0.29) is 0 Å². The molecule has 1 unspecified atom stereocenters. The fourth-order valence-corrected chi connectivity index (χ4v) is 4.50. The lowest BCUT2D eigenvalue weighted by Crippen LogP contribution is -2.45. The van der Waals surface area contributed by atoms with Crippen molar-refractivity contribution < 1.29 is 31.1 Å². The van der Waals surface area contributed by atoms with Crippen LogP contribution in [-0.4, -0.2) is 18.5 Å². The van der Waals surface area contributed by atoms with Crippen molar-refractivity contribution in [1.29, 1.82) is 0 Å². The molecule has 0 amide bonds. The summed E-state index contributed by atoms with van der Waals surface area (Å²) >= 11 is 0. The Kier molecular flexibility index (Phi) is 9.31. The Hall–Kier alpha value is -2.44. The maximum atomic E-state index is 13.4. The highest BCUT2D eigenvalue weighted by Crippen LogP contribution is 2.37. The lowest BCUT2D eigenvalue weighted by Gasteiger charge is -2.26. The van der Waals surface area contributed by atoms with Crippen LogP contribution in [0.25, 0.3) is 17.2 Å². The first-order chi connectivity index (χ1) is 16.6. The summed E-state index contributed by atoms with van der Waals surface area (Å²) in [6.07, 6.45) is -0.398. The molecule has 35 heavy (non-hydrogen) atoms. The molecule has 1 aliphatic carbocycles. The molecular weight excluding hydrogens is 466 g/mol. The maximum absolute atomic E-state index is 13.4. The zero-order valence-electron chi connectivity index (χ0n) is 19.8. The van der Waals surface area contributed by atoms with E-state index >= 15 is 0 Å². The molecule has 1 atom stereocenters. The van der Waals surface area contributed by atoms with Crippen molar-refractivity contribution in [2.24, 2.45) is 11.8 Å². The van der Waals surface area contributed by atoms with Crippen LogP contribution in [-0.2, 0) is 0 Å². The highest BCUT2D eigenvalue weighted by atomic mass is 19.4. The van der Waals surface area contributed by atoms with Crippen molar-refractivity contribution in [2.45, 2.75) is 76.7 Å². The minimum Gasteiger partial charge on any atom is -0.430 e. The van der Waals surface area contributed by atoms with Gasteiger partial charge < -0.3 is 4.74 Å². The summed E-state index contributed by atoms with van der Waals surface area (Å²) in [4.78, 5) is 0. The summed E-state index contributed by atoms with van der Waals surface area (Å²) in [6.45, 7) is 2.23. The lowest BCUT2D eigenvalue weighted by molar-refractivity contribution is -0.304. The van der Waals surface area contributed by atoms with Crippen LogP contribution in [0.2, 0.25) is 0 Å². The van der Waals surface area contributed by atoms with Gasteiger partial charge in [-0.05, 0) is 66.3 Å². The van der Waals surface area contributed by atoms with E-state index < -0.39 is 24.2 Å². The number of hydrogen-bond acceptors (Lipinski definition) is 1. The molecule has 0 aromatic heterocycles. The van der Waals surface area contributed by atoms with E-state index in [1.807, 2.05) is 24.3 Å². The van der Waals surface area contributed by atoms with E-state index in [2.05, 4.69) is 23.8 Å². The summed E-state index contributed by atoms with van der Waals surface area (Å²) < 4.78 is 80.6. The van der Waals surface area contributed by atoms with Crippen molar-refractivity contribution in [2.75, 3.05) is 0 Å². The minimum atomic E-state index is -5.71. The number of hydrogen-bond donors (Lipinski definition) is 0. The average molecular weight is 499 g/mol. The first-order valence-electron chi connectivity index (χ1n) is 12.2. The molecule has 1 fully saturated rings. The predicted molar refractivity (Wildman–Crippen MR) is 127 cm³/mol. The largest absolute Gasteiger partial charge is 0.439 e. The predicted octanol–water partition coefficient (Wildman–Crippen LogP) is 9.63.